The van der Waals surface area contributed by atoms with Crippen molar-refractivity contribution in [2.75, 3.05) is 13.7 Å². The maximum Gasteiger partial charge on any atom is 0.165 e. The maximum absolute atomic E-state index is 13.4. The molecule has 1 saturated carbocycles. The van der Waals surface area contributed by atoms with Gasteiger partial charge in [-0.15, -0.1) is 0 Å². The molecule has 0 aromatic heterocycles. The van der Waals surface area contributed by atoms with Gasteiger partial charge in [-0.05, 0) is 43.4 Å². The summed E-state index contributed by atoms with van der Waals surface area (Å²) in [6.45, 7) is 2.84. The predicted octanol–water partition coefficient (Wildman–Crippen LogP) is 3.04. The fourth-order valence-electron chi connectivity index (χ4n) is 2.82. The van der Waals surface area contributed by atoms with Gasteiger partial charge in [-0.25, -0.2) is 4.39 Å². The van der Waals surface area contributed by atoms with Crippen molar-refractivity contribution in [2.24, 2.45) is 5.92 Å². The molecule has 112 valence electrons. The van der Waals surface area contributed by atoms with Crippen LogP contribution in [0.4, 0.5) is 4.39 Å². The smallest absolute Gasteiger partial charge is 0.165 e. The van der Waals surface area contributed by atoms with E-state index in [2.05, 4.69) is 5.32 Å². The lowest BCUT2D eigenvalue weighted by atomic mass is 9.86. The molecule has 4 heteroatoms. The monoisotopic (exact) mass is 281 g/mol. The molecule has 1 aliphatic rings. The number of hydrogen-bond acceptors (Lipinski definition) is 3. The molecule has 1 aromatic carbocycles. The van der Waals surface area contributed by atoms with E-state index in [1.807, 2.05) is 6.92 Å². The van der Waals surface area contributed by atoms with Gasteiger partial charge in [-0.2, -0.15) is 0 Å². The number of benzene rings is 1. The van der Waals surface area contributed by atoms with Crippen LogP contribution in [0.5, 0.6) is 5.75 Å². The van der Waals surface area contributed by atoms with Crippen LogP contribution in [0.1, 0.15) is 44.2 Å². The summed E-state index contributed by atoms with van der Waals surface area (Å²) < 4.78 is 18.4. The molecular weight excluding hydrogens is 257 g/mol. The predicted molar refractivity (Wildman–Crippen MR) is 77.3 cm³/mol. The van der Waals surface area contributed by atoms with Gasteiger partial charge >= 0.3 is 0 Å². The Labute approximate surface area is 120 Å². The van der Waals surface area contributed by atoms with E-state index >= 15 is 0 Å². The quantitative estimate of drug-likeness (QED) is 0.871. The average Bonchev–Trinajstić information content (AvgIpc) is 2.46. The molecule has 0 spiro atoms. The van der Waals surface area contributed by atoms with E-state index in [1.54, 1.807) is 12.1 Å². The maximum atomic E-state index is 13.4. The zero-order valence-corrected chi connectivity index (χ0v) is 12.2. The minimum absolute atomic E-state index is 0.110. The van der Waals surface area contributed by atoms with E-state index in [0.29, 0.717) is 5.92 Å². The lowest BCUT2D eigenvalue weighted by Gasteiger charge is -2.29. The normalized spacial score (nSPS) is 24.4. The van der Waals surface area contributed by atoms with Crippen LogP contribution in [0.3, 0.4) is 0 Å². The number of nitrogens with one attached hydrogen (secondary N) is 1. The first-order valence-corrected chi connectivity index (χ1v) is 7.36. The van der Waals surface area contributed by atoms with Gasteiger partial charge in [0.05, 0.1) is 13.2 Å². The highest BCUT2D eigenvalue weighted by atomic mass is 19.1. The van der Waals surface area contributed by atoms with E-state index < -0.39 is 0 Å². The third kappa shape index (κ3) is 3.70. The van der Waals surface area contributed by atoms with Crippen molar-refractivity contribution in [3.05, 3.63) is 29.6 Å². The van der Waals surface area contributed by atoms with Crippen molar-refractivity contribution in [3.63, 3.8) is 0 Å². The van der Waals surface area contributed by atoms with E-state index in [1.165, 1.54) is 19.6 Å². The van der Waals surface area contributed by atoms with Crippen LogP contribution in [-0.2, 0) is 0 Å². The van der Waals surface area contributed by atoms with Crippen LogP contribution in [-0.4, -0.2) is 24.9 Å². The number of halogens is 1. The van der Waals surface area contributed by atoms with Crippen molar-refractivity contribution >= 4 is 0 Å². The van der Waals surface area contributed by atoms with Gasteiger partial charge < -0.3 is 15.2 Å². The van der Waals surface area contributed by atoms with Crippen molar-refractivity contribution < 1.29 is 14.2 Å². The number of aliphatic hydroxyl groups excluding tert-OH is 1. The summed E-state index contributed by atoms with van der Waals surface area (Å²) in [7, 11) is 1.47. The first-order valence-electron chi connectivity index (χ1n) is 7.36. The molecule has 3 nitrogen and oxygen atoms in total. The second-order valence-electron chi connectivity index (χ2n) is 5.64. The summed E-state index contributed by atoms with van der Waals surface area (Å²) in [5.41, 5.74) is 0.994. The number of ether oxygens (including phenoxy) is 1. The fraction of sp³-hybridized carbons (Fsp3) is 0.625. The van der Waals surface area contributed by atoms with Gasteiger partial charge in [0, 0.05) is 12.6 Å². The summed E-state index contributed by atoms with van der Waals surface area (Å²) in [4.78, 5) is 0. The van der Waals surface area contributed by atoms with E-state index in [4.69, 9.17) is 4.74 Å². The average molecular weight is 281 g/mol. The highest BCUT2D eigenvalue weighted by Gasteiger charge is 2.23. The molecule has 3 unspecified atom stereocenters. The molecule has 2 N–H and O–H groups in total. The Bertz CT molecular complexity index is 438. The summed E-state index contributed by atoms with van der Waals surface area (Å²) in [6, 6.07) is 5.04. The molecule has 0 saturated heterocycles. The topological polar surface area (TPSA) is 41.5 Å². The number of aliphatic hydroxyl groups is 1. The van der Waals surface area contributed by atoms with Crippen LogP contribution in [0.25, 0.3) is 0 Å². The first-order chi connectivity index (χ1) is 9.61. The van der Waals surface area contributed by atoms with Crippen molar-refractivity contribution in [2.45, 2.75) is 44.8 Å². The van der Waals surface area contributed by atoms with Crippen LogP contribution < -0.4 is 10.1 Å². The molecule has 0 bridgehead atoms. The van der Waals surface area contributed by atoms with E-state index in [9.17, 15) is 9.50 Å². The number of rotatable bonds is 5. The summed E-state index contributed by atoms with van der Waals surface area (Å²) in [6.07, 6.45) is 4.12. The highest BCUT2D eigenvalue weighted by Crippen LogP contribution is 2.26. The van der Waals surface area contributed by atoms with Gasteiger partial charge in [0.15, 0.2) is 11.6 Å². The van der Waals surface area contributed by atoms with Crippen molar-refractivity contribution in [3.8, 4) is 5.75 Å². The minimum Gasteiger partial charge on any atom is -0.494 e. The Hall–Kier alpha value is -1.13. The Balaban J connectivity index is 1.92. The Kier molecular flexibility index (Phi) is 5.38. The zero-order valence-electron chi connectivity index (χ0n) is 12.2. The third-order valence-electron chi connectivity index (χ3n) is 4.23. The second-order valence-corrected chi connectivity index (χ2v) is 5.64. The Morgan fingerprint density at radius 3 is 2.85 bits per heavy atom. The molecule has 3 atom stereocenters. The number of hydrogen-bond donors (Lipinski definition) is 2. The van der Waals surface area contributed by atoms with Gasteiger partial charge in [0.2, 0.25) is 0 Å². The van der Waals surface area contributed by atoms with Gasteiger partial charge in [-0.3, -0.25) is 0 Å². The third-order valence-corrected chi connectivity index (χ3v) is 4.23. The fourth-order valence-corrected chi connectivity index (χ4v) is 2.82. The van der Waals surface area contributed by atoms with Crippen LogP contribution >= 0.6 is 0 Å². The molecule has 0 aliphatic heterocycles. The van der Waals surface area contributed by atoms with Gasteiger partial charge in [0.25, 0.3) is 0 Å². The summed E-state index contributed by atoms with van der Waals surface area (Å²) in [5.74, 6) is 0.258. The molecule has 0 heterocycles. The summed E-state index contributed by atoms with van der Waals surface area (Å²) >= 11 is 0. The molecule has 0 amide bonds. The van der Waals surface area contributed by atoms with E-state index in [0.717, 1.165) is 31.4 Å². The largest absolute Gasteiger partial charge is 0.494 e. The first kappa shape index (κ1) is 15.3. The van der Waals surface area contributed by atoms with Gasteiger partial charge in [-0.1, -0.05) is 18.9 Å². The van der Waals surface area contributed by atoms with Crippen LogP contribution in [0.15, 0.2) is 18.2 Å². The molecule has 1 fully saturated rings. The SMILES string of the molecule is COc1cc(C(C)NCC2CCCCC2O)ccc1F. The molecule has 20 heavy (non-hydrogen) atoms. The Morgan fingerprint density at radius 1 is 1.40 bits per heavy atom. The van der Waals surface area contributed by atoms with Crippen molar-refractivity contribution in [1.29, 1.82) is 0 Å². The zero-order chi connectivity index (χ0) is 14.5. The lowest BCUT2D eigenvalue weighted by molar-refractivity contribution is 0.0684. The molecule has 2 rings (SSSR count). The van der Waals surface area contributed by atoms with Crippen LogP contribution in [0, 0.1) is 11.7 Å². The standard InChI is InChI=1S/C16H24FNO2/c1-11(12-7-8-14(17)16(9-12)20-2)18-10-13-5-3-4-6-15(13)19/h7-9,11,13,15,18-19H,3-6,10H2,1-2H3. The van der Waals surface area contributed by atoms with E-state index in [-0.39, 0.29) is 23.7 Å². The van der Waals surface area contributed by atoms with Crippen molar-refractivity contribution in [1.82, 2.24) is 5.32 Å². The molecule has 1 aromatic rings. The number of methoxy groups -OCH3 is 1. The summed E-state index contributed by atoms with van der Waals surface area (Å²) in [5, 5.41) is 13.4. The highest BCUT2D eigenvalue weighted by molar-refractivity contribution is 5.31. The Morgan fingerprint density at radius 2 is 2.15 bits per heavy atom. The lowest BCUT2D eigenvalue weighted by Crippen LogP contribution is -2.34. The minimum atomic E-state index is -0.342. The second kappa shape index (κ2) is 7.04. The van der Waals surface area contributed by atoms with Crippen LogP contribution in [0.2, 0.25) is 0 Å². The molecular formula is C16H24FNO2. The molecule has 0 radical (unpaired) electrons. The molecule has 1 aliphatic carbocycles. The van der Waals surface area contributed by atoms with Gasteiger partial charge in [0.1, 0.15) is 0 Å².